The molecular formula is C11H20N2O2S. The Morgan fingerprint density at radius 2 is 2.31 bits per heavy atom. The fourth-order valence-corrected chi connectivity index (χ4v) is 2.49. The van der Waals surface area contributed by atoms with Gasteiger partial charge < -0.3 is 15.2 Å². The molecule has 5 heteroatoms. The number of hydrogen-bond donors (Lipinski definition) is 1. The van der Waals surface area contributed by atoms with Crippen molar-refractivity contribution >= 4 is 17.2 Å². The van der Waals surface area contributed by atoms with Crippen molar-refractivity contribution in [1.82, 2.24) is 4.90 Å². The number of morpholine rings is 1. The Kier molecular flexibility index (Phi) is 4.13. The van der Waals surface area contributed by atoms with Gasteiger partial charge in [-0.25, -0.2) is 0 Å². The molecule has 4 nitrogen and oxygen atoms in total. The van der Waals surface area contributed by atoms with Gasteiger partial charge in [0.1, 0.15) is 11.1 Å². The molecule has 0 saturated carbocycles. The fourth-order valence-electron chi connectivity index (χ4n) is 2.35. The minimum Gasteiger partial charge on any atom is -0.391 e. The van der Waals surface area contributed by atoms with Crippen molar-refractivity contribution in [2.45, 2.75) is 38.1 Å². The number of hydrogen-bond acceptors (Lipinski definition) is 4. The summed E-state index contributed by atoms with van der Waals surface area (Å²) in [6.45, 7) is 5.59. The van der Waals surface area contributed by atoms with E-state index in [0.29, 0.717) is 23.8 Å². The standard InChI is InChI=1S/C11H20N2O2S/c1-8-2-3-9(15-8)6-13-4-5-14-10(7-13)11(12)16/h8-10H,2-7H2,1H3,(H2,12,16). The normalized spacial score (nSPS) is 36.4. The highest BCUT2D eigenvalue weighted by Gasteiger charge is 2.28. The Labute approximate surface area is 102 Å². The largest absolute Gasteiger partial charge is 0.391 e. The summed E-state index contributed by atoms with van der Waals surface area (Å²) in [5.74, 6) is 0. The van der Waals surface area contributed by atoms with Crippen LogP contribution in [0.5, 0.6) is 0 Å². The summed E-state index contributed by atoms with van der Waals surface area (Å²) >= 11 is 4.96. The third-order valence-electron chi connectivity index (χ3n) is 3.25. The van der Waals surface area contributed by atoms with Crippen LogP contribution in [-0.4, -0.2) is 54.4 Å². The van der Waals surface area contributed by atoms with Crippen LogP contribution in [0, 0.1) is 0 Å². The van der Waals surface area contributed by atoms with Gasteiger partial charge in [0.25, 0.3) is 0 Å². The Hall–Kier alpha value is -0.230. The summed E-state index contributed by atoms with van der Waals surface area (Å²) in [5, 5.41) is 0. The molecule has 0 aromatic heterocycles. The Bertz CT molecular complexity index is 262. The molecule has 2 fully saturated rings. The van der Waals surface area contributed by atoms with Gasteiger partial charge in [-0.2, -0.15) is 0 Å². The summed E-state index contributed by atoms with van der Waals surface area (Å²) < 4.78 is 11.3. The molecule has 0 bridgehead atoms. The van der Waals surface area contributed by atoms with E-state index in [0.717, 1.165) is 26.1 Å². The molecule has 3 atom stereocenters. The summed E-state index contributed by atoms with van der Waals surface area (Å²) in [6.07, 6.45) is 3.05. The Morgan fingerprint density at radius 1 is 1.50 bits per heavy atom. The SMILES string of the molecule is CC1CCC(CN2CCOC(C(N)=S)C2)O1. The first-order valence-electron chi connectivity index (χ1n) is 5.94. The van der Waals surface area contributed by atoms with Crippen molar-refractivity contribution in [3.05, 3.63) is 0 Å². The molecule has 0 amide bonds. The Balaban J connectivity index is 1.79. The molecule has 0 radical (unpaired) electrons. The highest BCUT2D eigenvalue weighted by atomic mass is 32.1. The van der Waals surface area contributed by atoms with Crippen molar-refractivity contribution in [1.29, 1.82) is 0 Å². The fraction of sp³-hybridized carbons (Fsp3) is 0.909. The lowest BCUT2D eigenvalue weighted by molar-refractivity contribution is -0.0240. The van der Waals surface area contributed by atoms with Gasteiger partial charge in [0.05, 0.1) is 18.8 Å². The van der Waals surface area contributed by atoms with E-state index in [2.05, 4.69) is 11.8 Å². The molecule has 2 aliphatic rings. The molecule has 0 aliphatic carbocycles. The molecular weight excluding hydrogens is 224 g/mol. The molecule has 2 N–H and O–H groups in total. The summed E-state index contributed by atoms with van der Waals surface area (Å²) in [6, 6.07) is 0. The van der Waals surface area contributed by atoms with Gasteiger partial charge in [-0.1, -0.05) is 12.2 Å². The quantitative estimate of drug-likeness (QED) is 0.734. The number of nitrogens with zero attached hydrogens (tertiary/aromatic N) is 1. The van der Waals surface area contributed by atoms with Crippen molar-refractivity contribution in [3.8, 4) is 0 Å². The van der Waals surface area contributed by atoms with Crippen LogP contribution in [0.3, 0.4) is 0 Å². The molecule has 0 spiro atoms. The molecule has 16 heavy (non-hydrogen) atoms. The lowest BCUT2D eigenvalue weighted by Crippen LogP contribution is -2.49. The van der Waals surface area contributed by atoms with Gasteiger partial charge in [-0.15, -0.1) is 0 Å². The maximum absolute atomic E-state index is 5.81. The van der Waals surface area contributed by atoms with E-state index in [-0.39, 0.29) is 6.10 Å². The monoisotopic (exact) mass is 244 g/mol. The molecule has 2 aliphatic heterocycles. The number of nitrogens with two attached hydrogens (primary N) is 1. The van der Waals surface area contributed by atoms with E-state index in [1.54, 1.807) is 0 Å². The summed E-state index contributed by atoms with van der Waals surface area (Å²) in [4.78, 5) is 2.81. The summed E-state index contributed by atoms with van der Waals surface area (Å²) in [7, 11) is 0. The third kappa shape index (κ3) is 3.13. The average Bonchev–Trinajstić information content (AvgIpc) is 2.64. The van der Waals surface area contributed by atoms with Crippen LogP contribution in [0.1, 0.15) is 19.8 Å². The Morgan fingerprint density at radius 3 is 2.94 bits per heavy atom. The van der Waals surface area contributed by atoms with Gasteiger partial charge in [-0.3, -0.25) is 4.90 Å². The average molecular weight is 244 g/mol. The molecule has 3 unspecified atom stereocenters. The van der Waals surface area contributed by atoms with E-state index in [9.17, 15) is 0 Å². The molecule has 2 heterocycles. The minimum atomic E-state index is -0.0809. The zero-order chi connectivity index (χ0) is 11.5. The van der Waals surface area contributed by atoms with E-state index in [4.69, 9.17) is 27.4 Å². The highest BCUT2D eigenvalue weighted by molar-refractivity contribution is 7.80. The van der Waals surface area contributed by atoms with Crippen LogP contribution in [0.4, 0.5) is 0 Å². The first kappa shape index (κ1) is 12.2. The predicted molar refractivity (Wildman–Crippen MR) is 66.5 cm³/mol. The first-order valence-corrected chi connectivity index (χ1v) is 6.34. The van der Waals surface area contributed by atoms with Crippen molar-refractivity contribution in [2.75, 3.05) is 26.2 Å². The van der Waals surface area contributed by atoms with Gasteiger partial charge in [0.2, 0.25) is 0 Å². The molecule has 0 aromatic carbocycles. The van der Waals surface area contributed by atoms with Crippen LogP contribution in [0.2, 0.25) is 0 Å². The molecule has 2 rings (SSSR count). The zero-order valence-electron chi connectivity index (χ0n) is 9.72. The van der Waals surface area contributed by atoms with E-state index in [1.165, 1.54) is 6.42 Å². The lowest BCUT2D eigenvalue weighted by atomic mass is 10.2. The minimum absolute atomic E-state index is 0.0809. The van der Waals surface area contributed by atoms with E-state index >= 15 is 0 Å². The highest BCUT2D eigenvalue weighted by Crippen LogP contribution is 2.20. The topological polar surface area (TPSA) is 47.7 Å². The molecule has 2 saturated heterocycles. The zero-order valence-corrected chi connectivity index (χ0v) is 10.5. The van der Waals surface area contributed by atoms with E-state index < -0.39 is 0 Å². The van der Waals surface area contributed by atoms with Gasteiger partial charge >= 0.3 is 0 Å². The van der Waals surface area contributed by atoms with E-state index in [1.807, 2.05) is 0 Å². The third-order valence-corrected chi connectivity index (χ3v) is 3.51. The van der Waals surface area contributed by atoms with Crippen molar-refractivity contribution in [3.63, 3.8) is 0 Å². The van der Waals surface area contributed by atoms with Crippen LogP contribution < -0.4 is 5.73 Å². The van der Waals surface area contributed by atoms with Crippen LogP contribution in [-0.2, 0) is 9.47 Å². The molecule has 92 valence electrons. The number of ether oxygens (including phenoxy) is 2. The summed E-state index contributed by atoms with van der Waals surface area (Å²) in [5.41, 5.74) is 5.61. The second kappa shape index (κ2) is 5.40. The van der Waals surface area contributed by atoms with Crippen LogP contribution in [0.25, 0.3) is 0 Å². The number of rotatable bonds is 3. The first-order chi connectivity index (χ1) is 7.65. The predicted octanol–water partition coefficient (Wildman–Crippen LogP) is 0.541. The smallest absolute Gasteiger partial charge is 0.120 e. The maximum Gasteiger partial charge on any atom is 0.120 e. The second-order valence-electron chi connectivity index (χ2n) is 4.67. The van der Waals surface area contributed by atoms with Crippen LogP contribution >= 0.6 is 12.2 Å². The maximum atomic E-state index is 5.81. The van der Waals surface area contributed by atoms with Crippen molar-refractivity contribution in [2.24, 2.45) is 5.73 Å². The van der Waals surface area contributed by atoms with Gasteiger partial charge in [-0.05, 0) is 19.8 Å². The molecule has 0 aromatic rings. The lowest BCUT2D eigenvalue weighted by Gasteiger charge is -2.33. The van der Waals surface area contributed by atoms with Crippen LogP contribution in [0.15, 0.2) is 0 Å². The number of thiocarbonyl (C=S) groups is 1. The van der Waals surface area contributed by atoms with Gasteiger partial charge in [0.15, 0.2) is 0 Å². The van der Waals surface area contributed by atoms with Gasteiger partial charge in [0, 0.05) is 19.6 Å². The second-order valence-corrected chi connectivity index (χ2v) is 5.14. The van der Waals surface area contributed by atoms with Crippen molar-refractivity contribution < 1.29 is 9.47 Å².